The third-order valence-electron chi connectivity index (χ3n) is 4.50. The zero-order valence-electron chi connectivity index (χ0n) is 11.7. The van der Waals surface area contributed by atoms with E-state index in [4.69, 9.17) is 10.5 Å². The summed E-state index contributed by atoms with van der Waals surface area (Å²) in [5, 5.41) is 0. The maximum atomic E-state index is 5.88. The number of anilines is 1. The van der Waals surface area contributed by atoms with Crippen LogP contribution in [-0.2, 0) is 4.74 Å². The van der Waals surface area contributed by atoms with E-state index in [1.54, 1.807) is 0 Å². The van der Waals surface area contributed by atoms with Crippen molar-refractivity contribution in [2.75, 3.05) is 25.4 Å². The summed E-state index contributed by atoms with van der Waals surface area (Å²) in [6.07, 6.45) is 4.74. The van der Waals surface area contributed by atoms with Crippen LogP contribution in [0.15, 0.2) is 24.3 Å². The highest BCUT2D eigenvalue weighted by molar-refractivity contribution is 5.40. The molecule has 0 saturated carbocycles. The molecule has 3 unspecified atom stereocenters. The number of rotatable bonds is 4. The van der Waals surface area contributed by atoms with Crippen LogP contribution in [-0.4, -0.2) is 36.7 Å². The van der Waals surface area contributed by atoms with Crippen molar-refractivity contribution in [3.05, 3.63) is 29.8 Å². The van der Waals surface area contributed by atoms with Crippen LogP contribution in [0.4, 0.5) is 5.69 Å². The number of nitrogen functional groups attached to an aromatic ring is 1. The Hall–Kier alpha value is -1.06. The van der Waals surface area contributed by atoms with E-state index in [0.717, 1.165) is 18.8 Å². The average Bonchev–Trinajstić information content (AvgIpc) is 2.76. The normalized spacial score (nSPS) is 28.5. The second-order valence-corrected chi connectivity index (χ2v) is 6.07. The molecule has 0 amide bonds. The van der Waals surface area contributed by atoms with Gasteiger partial charge in [-0.05, 0) is 49.4 Å². The highest BCUT2D eigenvalue weighted by atomic mass is 16.5. The molecule has 3 heteroatoms. The zero-order valence-corrected chi connectivity index (χ0v) is 11.7. The second-order valence-electron chi connectivity index (χ2n) is 6.07. The molecule has 0 spiro atoms. The van der Waals surface area contributed by atoms with Crippen LogP contribution < -0.4 is 5.73 Å². The minimum Gasteiger partial charge on any atom is -0.399 e. The van der Waals surface area contributed by atoms with E-state index in [1.165, 1.54) is 31.4 Å². The van der Waals surface area contributed by atoms with Gasteiger partial charge < -0.3 is 10.5 Å². The van der Waals surface area contributed by atoms with Crippen molar-refractivity contribution in [2.45, 2.75) is 44.3 Å². The van der Waals surface area contributed by atoms with Gasteiger partial charge in [0.25, 0.3) is 0 Å². The number of fused-ring (bicyclic) bond motifs is 2. The molecule has 2 heterocycles. The lowest BCUT2D eigenvalue weighted by molar-refractivity contribution is -0.0387. The van der Waals surface area contributed by atoms with Crippen LogP contribution in [0.25, 0.3) is 0 Å². The van der Waals surface area contributed by atoms with Crippen molar-refractivity contribution >= 4 is 5.69 Å². The molecule has 1 aromatic carbocycles. The third-order valence-corrected chi connectivity index (χ3v) is 4.50. The molecule has 0 aliphatic carbocycles. The first kappa shape index (κ1) is 12.9. The van der Waals surface area contributed by atoms with E-state index in [2.05, 4.69) is 24.0 Å². The van der Waals surface area contributed by atoms with Gasteiger partial charge in [-0.25, -0.2) is 0 Å². The van der Waals surface area contributed by atoms with Crippen molar-refractivity contribution in [1.82, 2.24) is 4.90 Å². The summed E-state index contributed by atoms with van der Waals surface area (Å²) in [7, 11) is 0. The van der Waals surface area contributed by atoms with Gasteiger partial charge in [0.1, 0.15) is 0 Å². The van der Waals surface area contributed by atoms with Gasteiger partial charge in [-0.2, -0.15) is 0 Å². The van der Waals surface area contributed by atoms with Crippen LogP contribution in [0, 0.1) is 0 Å². The predicted octanol–water partition coefficient (Wildman–Crippen LogP) is 2.63. The van der Waals surface area contributed by atoms with Crippen molar-refractivity contribution in [2.24, 2.45) is 0 Å². The fourth-order valence-electron chi connectivity index (χ4n) is 3.25. The molecule has 3 nitrogen and oxygen atoms in total. The van der Waals surface area contributed by atoms with E-state index < -0.39 is 0 Å². The quantitative estimate of drug-likeness (QED) is 0.846. The van der Waals surface area contributed by atoms with Crippen LogP contribution in [0.5, 0.6) is 0 Å². The Morgan fingerprint density at radius 2 is 1.84 bits per heavy atom. The summed E-state index contributed by atoms with van der Waals surface area (Å²) in [5.74, 6) is 0.598. The molecule has 2 saturated heterocycles. The Morgan fingerprint density at radius 3 is 2.47 bits per heavy atom. The molecule has 2 aliphatic heterocycles. The van der Waals surface area contributed by atoms with E-state index >= 15 is 0 Å². The van der Waals surface area contributed by atoms with Gasteiger partial charge in [-0.15, -0.1) is 0 Å². The summed E-state index contributed by atoms with van der Waals surface area (Å²) in [5.41, 5.74) is 7.97. The molecular formula is C16H24N2O. The Kier molecular flexibility index (Phi) is 3.76. The molecule has 19 heavy (non-hydrogen) atoms. The minimum absolute atomic E-state index is 0.505. The van der Waals surface area contributed by atoms with E-state index in [0.29, 0.717) is 18.1 Å². The average molecular weight is 260 g/mol. The van der Waals surface area contributed by atoms with Crippen LogP contribution in [0.2, 0.25) is 0 Å². The van der Waals surface area contributed by atoms with Crippen molar-refractivity contribution in [3.63, 3.8) is 0 Å². The Balaban J connectivity index is 1.50. The minimum atomic E-state index is 0.505. The fraction of sp³-hybridized carbons (Fsp3) is 0.625. The molecule has 104 valence electrons. The van der Waals surface area contributed by atoms with Crippen molar-refractivity contribution in [1.29, 1.82) is 0 Å². The number of likely N-dealkylation sites (tertiary alicyclic amines) is 1. The summed E-state index contributed by atoms with van der Waals surface area (Å²) in [4.78, 5) is 2.58. The largest absolute Gasteiger partial charge is 0.399 e. The van der Waals surface area contributed by atoms with Gasteiger partial charge >= 0.3 is 0 Å². The summed E-state index contributed by atoms with van der Waals surface area (Å²) >= 11 is 0. The Labute approximate surface area is 115 Å². The first-order valence-corrected chi connectivity index (χ1v) is 7.44. The number of nitrogens with zero attached hydrogens (tertiary/aromatic N) is 1. The summed E-state index contributed by atoms with van der Waals surface area (Å²) in [6.45, 7) is 5.75. The molecule has 0 radical (unpaired) electrons. The zero-order chi connectivity index (χ0) is 13.2. The third kappa shape index (κ3) is 3.10. The highest BCUT2D eigenvalue weighted by Crippen LogP contribution is 2.27. The first-order chi connectivity index (χ1) is 9.20. The molecular weight excluding hydrogens is 236 g/mol. The molecule has 1 aromatic rings. The van der Waals surface area contributed by atoms with Gasteiger partial charge in [-0.1, -0.05) is 19.1 Å². The van der Waals surface area contributed by atoms with Gasteiger partial charge in [-0.3, -0.25) is 4.90 Å². The van der Waals surface area contributed by atoms with E-state index in [9.17, 15) is 0 Å². The maximum absolute atomic E-state index is 5.88. The monoisotopic (exact) mass is 260 g/mol. The molecule has 3 atom stereocenters. The molecule has 2 aliphatic rings. The lowest BCUT2D eigenvalue weighted by Gasteiger charge is -2.32. The van der Waals surface area contributed by atoms with Crippen LogP contribution in [0.1, 0.15) is 37.7 Å². The van der Waals surface area contributed by atoms with Gasteiger partial charge in [0.15, 0.2) is 0 Å². The summed E-state index contributed by atoms with van der Waals surface area (Å²) < 4.78 is 5.88. The molecule has 0 aromatic heterocycles. The standard InChI is InChI=1S/C16H24N2O/c1-12(13-2-4-14(17)5-3-13)8-9-18-10-15-6-7-16(11-18)19-15/h2-5,12,15-16H,6-11,17H2,1H3. The summed E-state index contributed by atoms with van der Waals surface area (Å²) in [6, 6.07) is 8.31. The lowest BCUT2D eigenvalue weighted by Crippen LogP contribution is -2.43. The van der Waals surface area contributed by atoms with Crippen molar-refractivity contribution < 1.29 is 4.74 Å². The molecule has 2 bridgehead atoms. The Morgan fingerprint density at radius 1 is 1.21 bits per heavy atom. The smallest absolute Gasteiger partial charge is 0.0707 e. The van der Waals surface area contributed by atoms with E-state index in [-0.39, 0.29) is 0 Å². The molecule has 2 fully saturated rings. The second kappa shape index (κ2) is 5.51. The van der Waals surface area contributed by atoms with Crippen molar-refractivity contribution in [3.8, 4) is 0 Å². The van der Waals surface area contributed by atoms with Gasteiger partial charge in [0, 0.05) is 18.8 Å². The van der Waals surface area contributed by atoms with Crippen LogP contribution >= 0.6 is 0 Å². The molecule has 2 N–H and O–H groups in total. The maximum Gasteiger partial charge on any atom is 0.0707 e. The number of benzene rings is 1. The number of ether oxygens (including phenoxy) is 1. The SMILES string of the molecule is CC(CCN1CC2CCC(C1)O2)c1ccc(N)cc1. The molecule has 3 rings (SSSR count). The lowest BCUT2D eigenvalue weighted by atomic mass is 9.97. The number of hydrogen-bond acceptors (Lipinski definition) is 3. The van der Waals surface area contributed by atoms with Crippen LogP contribution in [0.3, 0.4) is 0 Å². The predicted molar refractivity (Wildman–Crippen MR) is 78.2 cm³/mol. The first-order valence-electron chi connectivity index (χ1n) is 7.44. The number of nitrogens with two attached hydrogens (primary N) is 1. The van der Waals surface area contributed by atoms with E-state index in [1.807, 2.05) is 12.1 Å². The number of morpholine rings is 1. The van der Waals surface area contributed by atoms with Gasteiger partial charge in [0.05, 0.1) is 12.2 Å². The highest BCUT2D eigenvalue weighted by Gasteiger charge is 2.33. The topological polar surface area (TPSA) is 38.5 Å². The number of hydrogen-bond donors (Lipinski definition) is 1. The fourth-order valence-corrected chi connectivity index (χ4v) is 3.25. The van der Waals surface area contributed by atoms with Gasteiger partial charge in [0.2, 0.25) is 0 Å². The Bertz CT molecular complexity index is 405.